The Labute approximate surface area is 180 Å². The van der Waals surface area contributed by atoms with Crippen molar-refractivity contribution in [1.29, 1.82) is 0 Å². The van der Waals surface area contributed by atoms with E-state index < -0.39 is 23.9 Å². The van der Waals surface area contributed by atoms with Crippen molar-refractivity contribution in [2.75, 3.05) is 20.8 Å². The first-order chi connectivity index (χ1) is 15.1. The predicted molar refractivity (Wildman–Crippen MR) is 108 cm³/mol. The molecule has 0 spiro atoms. The van der Waals surface area contributed by atoms with Gasteiger partial charge in [-0.25, -0.2) is 14.8 Å². The average Bonchev–Trinajstić information content (AvgIpc) is 3.17. The van der Waals surface area contributed by atoms with Crippen molar-refractivity contribution in [3.8, 4) is 17.2 Å². The summed E-state index contributed by atoms with van der Waals surface area (Å²) in [6.07, 6.45) is -4.65. The molecule has 3 aromatic rings. The van der Waals surface area contributed by atoms with Crippen molar-refractivity contribution in [2.24, 2.45) is 0 Å². The number of ether oxygens (including phenoxy) is 2. The molecule has 0 fully saturated rings. The number of carbonyl (C=O) groups is 1. The van der Waals surface area contributed by atoms with E-state index in [0.29, 0.717) is 5.76 Å². The number of oxazole rings is 1. The lowest BCUT2D eigenvalue weighted by atomic mass is 10.1. The van der Waals surface area contributed by atoms with Crippen LogP contribution in [-0.2, 0) is 10.9 Å². The van der Waals surface area contributed by atoms with Crippen molar-refractivity contribution < 1.29 is 37.0 Å². The Hall–Kier alpha value is -3.60. The van der Waals surface area contributed by atoms with Crippen LogP contribution in [-0.4, -0.2) is 41.8 Å². The summed E-state index contributed by atoms with van der Waals surface area (Å²) < 4.78 is 55.8. The number of allylic oxidation sites excluding steroid dienone is 1. The number of likely N-dealkylation sites (N-methyl/N-ethyl adjacent to an activating group) is 1. The van der Waals surface area contributed by atoms with Gasteiger partial charge in [-0.3, -0.25) is 0 Å². The van der Waals surface area contributed by atoms with Crippen LogP contribution in [0.25, 0.3) is 22.4 Å². The lowest BCUT2D eigenvalue weighted by Crippen LogP contribution is -2.23. The van der Waals surface area contributed by atoms with Crippen molar-refractivity contribution in [3.63, 3.8) is 0 Å². The lowest BCUT2D eigenvalue weighted by molar-refractivity contribution is -0.140. The molecule has 32 heavy (non-hydrogen) atoms. The second kappa shape index (κ2) is 8.87. The highest BCUT2D eigenvalue weighted by molar-refractivity contribution is 5.97. The first-order valence-electron chi connectivity index (χ1n) is 9.31. The topological polar surface area (TPSA) is 107 Å². The van der Waals surface area contributed by atoms with E-state index in [4.69, 9.17) is 13.9 Å². The molecular formula is C21H20F3N3O5. The van der Waals surface area contributed by atoms with Crippen LogP contribution in [0, 0.1) is 0 Å². The monoisotopic (exact) mass is 451 g/mol. The molecule has 11 heteroatoms. The van der Waals surface area contributed by atoms with Crippen LogP contribution in [0.4, 0.5) is 13.2 Å². The minimum Gasteiger partial charge on any atom is -0.497 e. The van der Waals surface area contributed by atoms with Gasteiger partial charge in [0.25, 0.3) is 0 Å². The largest absolute Gasteiger partial charge is 0.497 e. The normalized spacial score (nSPS) is 12.6. The van der Waals surface area contributed by atoms with Gasteiger partial charge in [-0.15, -0.1) is 0 Å². The second-order valence-corrected chi connectivity index (χ2v) is 6.80. The van der Waals surface area contributed by atoms with E-state index in [1.807, 2.05) is 0 Å². The number of rotatable bonds is 8. The Morgan fingerprint density at radius 3 is 2.56 bits per heavy atom. The molecule has 2 N–H and O–H groups in total. The fraction of sp³-hybridized carbons (Fsp3) is 0.286. The zero-order valence-corrected chi connectivity index (χ0v) is 17.4. The number of pyridine rings is 1. The summed E-state index contributed by atoms with van der Waals surface area (Å²) >= 11 is 0. The van der Waals surface area contributed by atoms with Crippen molar-refractivity contribution >= 4 is 16.9 Å². The minimum atomic E-state index is -4.65. The van der Waals surface area contributed by atoms with E-state index in [9.17, 15) is 23.1 Å². The maximum Gasteiger partial charge on any atom is 0.433 e. The third-order valence-corrected chi connectivity index (χ3v) is 4.58. The van der Waals surface area contributed by atoms with E-state index in [1.54, 1.807) is 14.0 Å². The number of hydrogen-bond donors (Lipinski definition) is 2. The van der Waals surface area contributed by atoms with Crippen molar-refractivity contribution in [1.82, 2.24) is 15.3 Å². The van der Waals surface area contributed by atoms with E-state index in [-0.39, 0.29) is 46.2 Å². The summed E-state index contributed by atoms with van der Waals surface area (Å²) in [5.41, 5.74) is -1.25. The highest BCUT2D eigenvalue weighted by Gasteiger charge is 2.33. The maximum absolute atomic E-state index is 13.2. The average molecular weight is 451 g/mol. The number of alkyl halides is 3. The molecule has 0 unspecified atom stereocenters. The minimum absolute atomic E-state index is 0.0000823. The molecule has 0 saturated heterocycles. The van der Waals surface area contributed by atoms with Gasteiger partial charge in [-0.2, -0.15) is 13.2 Å². The fourth-order valence-corrected chi connectivity index (χ4v) is 3.05. The molecule has 0 bridgehead atoms. The van der Waals surface area contributed by atoms with Crippen LogP contribution in [0.1, 0.15) is 34.9 Å². The predicted octanol–water partition coefficient (Wildman–Crippen LogP) is 4.43. The Balaban J connectivity index is 2.18. The summed E-state index contributed by atoms with van der Waals surface area (Å²) in [4.78, 5) is 19.5. The quantitative estimate of drug-likeness (QED) is 0.485. The fourth-order valence-electron chi connectivity index (χ4n) is 3.05. The zero-order valence-electron chi connectivity index (χ0n) is 17.4. The number of benzene rings is 1. The van der Waals surface area contributed by atoms with Gasteiger partial charge in [0, 0.05) is 10.9 Å². The second-order valence-electron chi connectivity index (χ2n) is 6.80. The Kier molecular flexibility index (Phi) is 6.40. The summed E-state index contributed by atoms with van der Waals surface area (Å²) in [6.45, 7) is 5.30. The van der Waals surface area contributed by atoms with Gasteiger partial charge < -0.3 is 24.3 Å². The highest BCUT2D eigenvalue weighted by atomic mass is 19.4. The van der Waals surface area contributed by atoms with Gasteiger partial charge in [0.15, 0.2) is 11.5 Å². The Bertz CT molecular complexity index is 1170. The summed E-state index contributed by atoms with van der Waals surface area (Å²) in [6, 6.07) is 4.29. The van der Waals surface area contributed by atoms with Crippen LogP contribution in [0.3, 0.4) is 0 Å². The number of methoxy groups -OCH3 is 1. The summed E-state index contributed by atoms with van der Waals surface area (Å²) in [5.74, 6) is -0.888. The standard InChI is InChI=1S/C21H20F3N3O5/c1-10(2)31-9-13(25-3)18-17(20(28)29)27-19(32-18)12-5-7-14(30-4)16-11(12)6-8-15(26-16)21(22,23)24/h5-8,13,25H,1,9H2,2-4H3,(H,28,29)/t13-/m0/s1. The molecule has 2 heterocycles. The number of halogens is 3. The van der Waals surface area contributed by atoms with Gasteiger partial charge in [0.05, 0.1) is 12.9 Å². The van der Waals surface area contributed by atoms with Crippen LogP contribution in [0.5, 0.6) is 5.75 Å². The number of fused-ring (bicyclic) bond motifs is 1. The number of aromatic nitrogens is 2. The van der Waals surface area contributed by atoms with E-state index >= 15 is 0 Å². The highest BCUT2D eigenvalue weighted by Crippen LogP contribution is 2.37. The maximum atomic E-state index is 13.2. The van der Waals surface area contributed by atoms with E-state index in [1.165, 1.54) is 25.3 Å². The van der Waals surface area contributed by atoms with Gasteiger partial charge in [0.2, 0.25) is 5.89 Å². The Morgan fingerprint density at radius 1 is 1.28 bits per heavy atom. The number of nitrogens with one attached hydrogen (secondary N) is 1. The molecule has 170 valence electrons. The van der Waals surface area contributed by atoms with Crippen LogP contribution in [0.15, 0.2) is 41.0 Å². The molecule has 0 radical (unpaired) electrons. The van der Waals surface area contributed by atoms with E-state index in [0.717, 1.165) is 6.07 Å². The number of aromatic carboxylic acids is 1. The number of carboxylic acids is 1. The number of hydrogen-bond acceptors (Lipinski definition) is 7. The Morgan fingerprint density at radius 2 is 2.00 bits per heavy atom. The third-order valence-electron chi connectivity index (χ3n) is 4.58. The van der Waals surface area contributed by atoms with Crippen molar-refractivity contribution in [3.05, 3.63) is 53.8 Å². The van der Waals surface area contributed by atoms with Crippen molar-refractivity contribution in [2.45, 2.75) is 19.1 Å². The molecular weight excluding hydrogens is 431 g/mol. The lowest BCUT2D eigenvalue weighted by Gasteiger charge is -2.15. The van der Waals surface area contributed by atoms with Gasteiger partial charge in [-0.05, 0) is 38.2 Å². The van der Waals surface area contributed by atoms with Gasteiger partial charge in [0.1, 0.15) is 29.6 Å². The SMILES string of the molecule is C=C(C)OC[C@H](NC)c1oc(-c2ccc(OC)c3nc(C(F)(F)F)ccc23)nc1C(=O)O. The smallest absolute Gasteiger partial charge is 0.433 e. The molecule has 2 aromatic heterocycles. The third kappa shape index (κ3) is 4.52. The molecule has 1 aromatic carbocycles. The van der Waals surface area contributed by atoms with Gasteiger partial charge in [-0.1, -0.05) is 6.58 Å². The zero-order chi connectivity index (χ0) is 23.6. The van der Waals surface area contributed by atoms with Crippen LogP contribution < -0.4 is 10.1 Å². The molecule has 0 aliphatic carbocycles. The summed E-state index contributed by atoms with van der Waals surface area (Å²) in [7, 11) is 2.90. The van der Waals surface area contributed by atoms with Crippen LogP contribution >= 0.6 is 0 Å². The molecule has 0 saturated carbocycles. The molecule has 0 amide bonds. The molecule has 8 nitrogen and oxygen atoms in total. The number of nitrogens with zero attached hydrogens (tertiary/aromatic N) is 2. The summed E-state index contributed by atoms with van der Waals surface area (Å²) in [5, 5.41) is 12.7. The molecule has 0 aliphatic heterocycles. The van der Waals surface area contributed by atoms with Crippen LogP contribution in [0.2, 0.25) is 0 Å². The first-order valence-corrected chi connectivity index (χ1v) is 9.31. The molecule has 1 atom stereocenters. The first kappa shape index (κ1) is 23.1. The number of carboxylic acid groups (broad SMARTS) is 1. The molecule has 3 rings (SSSR count). The van der Waals surface area contributed by atoms with Gasteiger partial charge >= 0.3 is 12.1 Å². The molecule has 0 aliphatic rings. The van der Waals surface area contributed by atoms with E-state index in [2.05, 4.69) is 21.9 Å².